The van der Waals surface area contributed by atoms with Crippen LogP contribution in [-0.4, -0.2) is 5.78 Å². The molecule has 0 spiro atoms. The molecular weight excluding hydrogens is 265 g/mol. The zero-order valence-electron chi connectivity index (χ0n) is 10.2. The molecule has 2 aromatic carbocycles. The van der Waals surface area contributed by atoms with E-state index < -0.39 is 5.82 Å². The van der Waals surface area contributed by atoms with E-state index in [1.54, 1.807) is 12.1 Å². The highest BCUT2D eigenvalue weighted by atomic mass is 35.5. The molecule has 0 aromatic heterocycles. The maximum atomic E-state index is 13.6. The Morgan fingerprint density at radius 1 is 1.16 bits per heavy atom. The zero-order chi connectivity index (χ0) is 13.8. The van der Waals surface area contributed by atoms with Crippen LogP contribution >= 0.6 is 11.6 Å². The lowest BCUT2D eigenvalue weighted by molar-refractivity contribution is 0.0979. The molecule has 0 unspecified atom stereocenters. The molecule has 0 aliphatic carbocycles. The third-order valence-corrected chi connectivity index (χ3v) is 3.09. The van der Waals surface area contributed by atoms with Crippen LogP contribution in [0, 0.1) is 5.82 Å². The van der Waals surface area contributed by atoms with E-state index in [-0.39, 0.29) is 22.8 Å². The number of ketones is 1. The first kappa shape index (κ1) is 13.6. The molecule has 98 valence electrons. The van der Waals surface area contributed by atoms with Crippen LogP contribution in [0.25, 0.3) is 0 Å². The first-order valence-corrected chi connectivity index (χ1v) is 6.27. The van der Waals surface area contributed by atoms with Crippen molar-refractivity contribution in [3.8, 4) is 0 Å². The van der Waals surface area contributed by atoms with Gasteiger partial charge in [0.05, 0.1) is 5.56 Å². The molecule has 2 aromatic rings. The minimum atomic E-state index is -0.574. The summed E-state index contributed by atoms with van der Waals surface area (Å²) < 4.78 is 13.6. The summed E-state index contributed by atoms with van der Waals surface area (Å²) in [5.41, 5.74) is 7.34. The van der Waals surface area contributed by atoms with E-state index in [2.05, 4.69) is 0 Å². The third-order valence-electron chi connectivity index (χ3n) is 2.85. The second-order valence-electron chi connectivity index (χ2n) is 4.29. The summed E-state index contributed by atoms with van der Waals surface area (Å²) in [6, 6.07) is 11.4. The second kappa shape index (κ2) is 5.85. The highest BCUT2D eigenvalue weighted by Gasteiger charge is 2.11. The van der Waals surface area contributed by atoms with Crippen molar-refractivity contribution < 1.29 is 9.18 Å². The van der Waals surface area contributed by atoms with Crippen LogP contribution < -0.4 is 5.73 Å². The molecule has 0 saturated carbocycles. The van der Waals surface area contributed by atoms with Gasteiger partial charge in [-0.1, -0.05) is 23.7 Å². The van der Waals surface area contributed by atoms with E-state index >= 15 is 0 Å². The molecule has 0 aliphatic heterocycles. The van der Waals surface area contributed by atoms with Gasteiger partial charge in [-0.25, -0.2) is 4.39 Å². The second-order valence-corrected chi connectivity index (χ2v) is 4.73. The van der Waals surface area contributed by atoms with Crippen molar-refractivity contribution in [2.45, 2.75) is 12.8 Å². The molecule has 0 amide bonds. The SMILES string of the molecule is Nc1ccc(CCC(=O)c2ccc(Cl)cc2F)cc1. The molecular formula is C15H13ClFNO. The fourth-order valence-electron chi connectivity index (χ4n) is 1.79. The van der Waals surface area contributed by atoms with Crippen molar-refractivity contribution in [2.75, 3.05) is 5.73 Å². The monoisotopic (exact) mass is 277 g/mol. The van der Waals surface area contributed by atoms with Gasteiger partial charge < -0.3 is 5.73 Å². The highest BCUT2D eigenvalue weighted by Crippen LogP contribution is 2.17. The number of rotatable bonds is 4. The number of nitrogens with two attached hydrogens (primary N) is 1. The molecule has 2 rings (SSSR count). The number of benzene rings is 2. The van der Waals surface area contributed by atoms with Gasteiger partial charge in [0.25, 0.3) is 0 Å². The van der Waals surface area contributed by atoms with Gasteiger partial charge in [0, 0.05) is 17.1 Å². The van der Waals surface area contributed by atoms with Crippen molar-refractivity contribution in [1.29, 1.82) is 0 Å². The normalized spacial score (nSPS) is 10.4. The van der Waals surface area contributed by atoms with Crippen molar-refractivity contribution in [3.05, 3.63) is 64.4 Å². The molecule has 19 heavy (non-hydrogen) atoms. The molecule has 0 fully saturated rings. The average molecular weight is 278 g/mol. The van der Waals surface area contributed by atoms with Gasteiger partial charge in [0.1, 0.15) is 5.82 Å². The van der Waals surface area contributed by atoms with Crippen molar-refractivity contribution >= 4 is 23.1 Å². The lowest BCUT2D eigenvalue weighted by Gasteiger charge is -2.04. The van der Waals surface area contributed by atoms with Crippen LogP contribution in [0.4, 0.5) is 10.1 Å². The molecule has 0 bridgehead atoms. The van der Waals surface area contributed by atoms with Gasteiger partial charge in [-0.05, 0) is 42.3 Å². The summed E-state index contributed by atoms with van der Waals surface area (Å²) in [7, 11) is 0. The standard InChI is InChI=1S/C15H13ClFNO/c16-11-4-7-13(14(17)9-11)15(19)8-3-10-1-5-12(18)6-2-10/h1-2,4-7,9H,3,8,18H2. The minimum Gasteiger partial charge on any atom is -0.399 e. The van der Waals surface area contributed by atoms with Crippen molar-refractivity contribution in [2.24, 2.45) is 0 Å². The number of hydrogen-bond acceptors (Lipinski definition) is 2. The number of Topliss-reactive ketones (excluding diaryl/α,β-unsaturated/α-hetero) is 1. The quantitative estimate of drug-likeness (QED) is 0.681. The summed E-state index contributed by atoms with van der Waals surface area (Å²) in [5.74, 6) is -0.805. The fraction of sp³-hybridized carbons (Fsp3) is 0.133. The smallest absolute Gasteiger partial charge is 0.166 e. The molecule has 0 saturated heterocycles. The van der Waals surface area contributed by atoms with Crippen LogP contribution in [-0.2, 0) is 6.42 Å². The van der Waals surface area contributed by atoms with E-state index in [9.17, 15) is 9.18 Å². The Kier molecular flexibility index (Phi) is 4.17. The molecule has 4 heteroatoms. The predicted molar refractivity (Wildman–Crippen MR) is 74.9 cm³/mol. The summed E-state index contributed by atoms with van der Waals surface area (Å²) in [6.07, 6.45) is 0.809. The Labute approximate surface area is 116 Å². The first-order valence-electron chi connectivity index (χ1n) is 5.89. The van der Waals surface area contributed by atoms with Gasteiger partial charge in [0.15, 0.2) is 5.78 Å². The molecule has 0 heterocycles. The third kappa shape index (κ3) is 3.55. The topological polar surface area (TPSA) is 43.1 Å². The number of aryl methyl sites for hydroxylation is 1. The van der Waals surface area contributed by atoms with Crippen molar-refractivity contribution in [3.63, 3.8) is 0 Å². The number of halogens is 2. The predicted octanol–water partition coefficient (Wildman–Crippen LogP) is 3.88. The summed E-state index contributed by atoms with van der Waals surface area (Å²) in [5, 5.41) is 0.285. The van der Waals surface area contributed by atoms with Gasteiger partial charge >= 0.3 is 0 Å². The van der Waals surface area contributed by atoms with E-state index in [0.717, 1.165) is 11.6 Å². The van der Waals surface area contributed by atoms with Crippen molar-refractivity contribution in [1.82, 2.24) is 0 Å². The summed E-state index contributed by atoms with van der Waals surface area (Å²) in [4.78, 5) is 11.9. The van der Waals surface area contributed by atoms with E-state index in [1.807, 2.05) is 12.1 Å². The Morgan fingerprint density at radius 3 is 2.47 bits per heavy atom. The Hall–Kier alpha value is -1.87. The molecule has 0 atom stereocenters. The van der Waals surface area contributed by atoms with Crippen LogP contribution in [0.1, 0.15) is 22.3 Å². The maximum Gasteiger partial charge on any atom is 0.166 e. The number of hydrogen-bond donors (Lipinski definition) is 1. The van der Waals surface area contributed by atoms with E-state index in [4.69, 9.17) is 17.3 Å². The van der Waals surface area contributed by atoms with Crippen LogP contribution in [0.5, 0.6) is 0 Å². The van der Waals surface area contributed by atoms with Gasteiger partial charge in [-0.2, -0.15) is 0 Å². The molecule has 0 aliphatic rings. The lowest BCUT2D eigenvalue weighted by atomic mass is 10.0. The number of anilines is 1. The zero-order valence-corrected chi connectivity index (χ0v) is 11.0. The molecule has 2 nitrogen and oxygen atoms in total. The minimum absolute atomic E-state index is 0.0832. The van der Waals surface area contributed by atoms with Gasteiger partial charge in [0.2, 0.25) is 0 Å². The van der Waals surface area contributed by atoms with Crippen LogP contribution in [0.2, 0.25) is 5.02 Å². The summed E-state index contributed by atoms with van der Waals surface area (Å²) in [6.45, 7) is 0. The van der Waals surface area contributed by atoms with Crippen LogP contribution in [0.15, 0.2) is 42.5 Å². The number of carbonyl (C=O) groups excluding carboxylic acids is 1. The van der Waals surface area contributed by atoms with E-state index in [1.165, 1.54) is 12.1 Å². The fourth-order valence-corrected chi connectivity index (χ4v) is 1.95. The Morgan fingerprint density at radius 2 is 1.84 bits per heavy atom. The number of nitrogen functional groups attached to an aromatic ring is 1. The Balaban J connectivity index is 2.03. The Bertz CT molecular complexity index is 596. The highest BCUT2D eigenvalue weighted by molar-refractivity contribution is 6.30. The van der Waals surface area contributed by atoms with Gasteiger partial charge in [-0.3, -0.25) is 4.79 Å². The molecule has 2 N–H and O–H groups in total. The first-order chi connectivity index (χ1) is 9.06. The molecule has 0 radical (unpaired) electrons. The average Bonchev–Trinajstić information content (AvgIpc) is 2.37. The largest absolute Gasteiger partial charge is 0.399 e. The maximum absolute atomic E-state index is 13.6. The number of carbonyl (C=O) groups is 1. The summed E-state index contributed by atoms with van der Waals surface area (Å²) >= 11 is 5.65. The van der Waals surface area contributed by atoms with Gasteiger partial charge in [-0.15, -0.1) is 0 Å². The van der Waals surface area contributed by atoms with E-state index in [0.29, 0.717) is 12.1 Å². The van der Waals surface area contributed by atoms with Crippen LogP contribution in [0.3, 0.4) is 0 Å². The lowest BCUT2D eigenvalue weighted by Crippen LogP contribution is -2.04.